The Bertz CT molecular complexity index is 662. The van der Waals surface area contributed by atoms with Gasteiger partial charge in [-0.1, -0.05) is 6.07 Å². The number of benzene rings is 1. The van der Waals surface area contributed by atoms with Crippen molar-refractivity contribution in [2.45, 2.75) is 31.3 Å². The molecule has 0 bridgehead atoms. The van der Waals surface area contributed by atoms with Crippen LogP contribution >= 0.6 is 11.8 Å². The van der Waals surface area contributed by atoms with E-state index < -0.39 is 6.04 Å². The molecule has 6 nitrogen and oxygen atoms in total. The molecule has 124 valence electrons. The van der Waals surface area contributed by atoms with Crippen molar-refractivity contribution in [1.82, 2.24) is 10.2 Å². The molecule has 0 saturated carbocycles. The van der Waals surface area contributed by atoms with E-state index in [1.807, 2.05) is 19.9 Å². The lowest BCUT2D eigenvalue weighted by atomic mass is 10.1. The fourth-order valence-electron chi connectivity index (χ4n) is 3.07. The van der Waals surface area contributed by atoms with Crippen molar-refractivity contribution in [2.75, 3.05) is 20.0 Å². The molecule has 3 rings (SSSR count). The van der Waals surface area contributed by atoms with Crippen LogP contribution in [-0.2, 0) is 4.79 Å². The maximum Gasteiger partial charge on any atom is 0.260 e. The van der Waals surface area contributed by atoms with Crippen molar-refractivity contribution < 1.29 is 19.1 Å². The number of rotatable bonds is 4. The highest BCUT2D eigenvalue weighted by molar-refractivity contribution is 7.99. The Balaban J connectivity index is 1.98. The van der Waals surface area contributed by atoms with Gasteiger partial charge < -0.3 is 19.7 Å². The van der Waals surface area contributed by atoms with Gasteiger partial charge in [-0.05, 0) is 19.9 Å². The van der Waals surface area contributed by atoms with Crippen LogP contribution in [0.5, 0.6) is 11.5 Å². The van der Waals surface area contributed by atoms with E-state index >= 15 is 0 Å². The first kappa shape index (κ1) is 16.0. The predicted molar refractivity (Wildman–Crippen MR) is 88.0 cm³/mol. The van der Waals surface area contributed by atoms with Gasteiger partial charge in [0, 0.05) is 17.4 Å². The predicted octanol–water partition coefficient (Wildman–Crippen LogP) is 1.80. The van der Waals surface area contributed by atoms with E-state index in [0.29, 0.717) is 22.8 Å². The number of nitrogens with one attached hydrogen (secondary N) is 1. The molecule has 1 saturated heterocycles. The molecule has 2 amide bonds. The average molecular weight is 336 g/mol. The number of nitrogens with zero attached hydrogens (tertiary/aromatic N) is 1. The quantitative estimate of drug-likeness (QED) is 0.908. The average Bonchev–Trinajstić information content (AvgIpc) is 3.06. The maximum absolute atomic E-state index is 12.9. The fourth-order valence-corrected chi connectivity index (χ4v) is 4.53. The lowest BCUT2D eigenvalue weighted by Gasteiger charge is -2.23. The summed E-state index contributed by atoms with van der Waals surface area (Å²) >= 11 is 1.60. The molecule has 1 fully saturated rings. The molecule has 0 unspecified atom stereocenters. The normalized spacial score (nSPS) is 22.1. The number of carbonyl (C=O) groups excluding carboxylic acids is 2. The Hall–Kier alpha value is -1.89. The summed E-state index contributed by atoms with van der Waals surface area (Å²) in [6.07, 6.45) is 0. The highest BCUT2D eigenvalue weighted by Gasteiger charge is 2.50. The summed E-state index contributed by atoms with van der Waals surface area (Å²) in [5.41, 5.74) is 1.39. The Morgan fingerprint density at radius 3 is 2.70 bits per heavy atom. The van der Waals surface area contributed by atoms with Crippen molar-refractivity contribution in [3.63, 3.8) is 0 Å². The van der Waals surface area contributed by atoms with Crippen LogP contribution in [0, 0.1) is 0 Å². The van der Waals surface area contributed by atoms with Gasteiger partial charge >= 0.3 is 0 Å². The van der Waals surface area contributed by atoms with E-state index in [4.69, 9.17) is 9.47 Å². The van der Waals surface area contributed by atoms with Crippen LogP contribution in [0.25, 0.3) is 0 Å². The van der Waals surface area contributed by atoms with E-state index in [2.05, 4.69) is 5.32 Å². The van der Waals surface area contributed by atoms with Gasteiger partial charge in [-0.3, -0.25) is 9.59 Å². The van der Waals surface area contributed by atoms with Crippen LogP contribution in [0.15, 0.2) is 12.1 Å². The summed E-state index contributed by atoms with van der Waals surface area (Å²) < 4.78 is 10.7. The van der Waals surface area contributed by atoms with Crippen molar-refractivity contribution in [3.05, 3.63) is 23.3 Å². The lowest BCUT2D eigenvalue weighted by molar-refractivity contribution is -0.125. The third-order valence-corrected chi connectivity index (χ3v) is 5.33. The molecule has 0 spiro atoms. The van der Waals surface area contributed by atoms with Crippen LogP contribution < -0.4 is 14.8 Å². The minimum absolute atomic E-state index is 0.0428. The standard InChI is InChI=1S/C16H20N2O4S/c1-8(2)17-14(19)10-7-23-16-9-5-6-11(21-3)13(22-4)12(9)15(20)18(10)16/h5-6,8,10,16H,7H2,1-4H3,(H,17,19)/t10-,16+/m0/s1. The van der Waals surface area contributed by atoms with E-state index in [0.717, 1.165) is 5.56 Å². The lowest BCUT2D eigenvalue weighted by Crippen LogP contribution is -2.47. The smallest absolute Gasteiger partial charge is 0.260 e. The Morgan fingerprint density at radius 2 is 2.09 bits per heavy atom. The van der Waals surface area contributed by atoms with Gasteiger partial charge in [0.05, 0.1) is 19.8 Å². The molecule has 1 aromatic carbocycles. The highest BCUT2D eigenvalue weighted by Crippen LogP contribution is 2.52. The first-order chi connectivity index (χ1) is 11.0. The molecule has 2 heterocycles. The third-order valence-electron chi connectivity index (χ3n) is 4.03. The third kappa shape index (κ3) is 2.43. The second-order valence-electron chi connectivity index (χ2n) is 5.84. The number of fused-ring (bicyclic) bond motifs is 3. The summed E-state index contributed by atoms with van der Waals surface area (Å²) in [6.45, 7) is 3.82. The molecule has 0 aromatic heterocycles. The molecular weight excluding hydrogens is 316 g/mol. The fraction of sp³-hybridized carbons (Fsp3) is 0.500. The molecule has 0 radical (unpaired) electrons. The number of thioether (sulfide) groups is 1. The first-order valence-corrected chi connectivity index (χ1v) is 8.54. The summed E-state index contributed by atoms with van der Waals surface area (Å²) in [4.78, 5) is 27.0. The van der Waals surface area contributed by atoms with Crippen LogP contribution in [0.1, 0.15) is 35.1 Å². The van der Waals surface area contributed by atoms with Crippen LogP contribution in [0.3, 0.4) is 0 Å². The van der Waals surface area contributed by atoms with Crippen LogP contribution in [0.4, 0.5) is 0 Å². The molecule has 2 aliphatic heterocycles. The van der Waals surface area contributed by atoms with E-state index in [9.17, 15) is 9.59 Å². The van der Waals surface area contributed by atoms with E-state index in [-0.39, 0.29) is 23.2 Å². The van der Waals surface area contributed by atoms with Gasteiger partial charge in [-0.2, -0.15) is 0 Å². The number of hydrogen-bond acceptors (Lipinski definition) is 5. The molecule has 7 heteroatoms. The zero-order valence-electron chi connectivity index (χ0n) is 13.6. The van der Waals surface area contributed by atoms with E-state index in [1.54, 1.807) is 29.8 Å². The molecule has 2 aliphatic rings. The SMILES string of the molecule is COc1ccc2c(c1OC)C(=O)N1[C@@H]2SC[C@H]1C(=O)NC(C)C. The zero-order chi connectivity index (χ0) is 16.7. The second-order valence-corrected chi connectivity index (χ2v) is 6.96. The minimum atomic E-state index is -0.456. The summed E-state index contributed by atoms with van der Waals surface area (Å²) in [6, 6.07) is 3.27. The number of methoxy groups -OCH3 is 2. The second kappa shape index (κ2) is 5.96. The van der Waals surface area contributed by atoms with Crippen molar-refractivity contribution >= 4 is 23.6 Å². The van der Waals surface area contributed by atoms with Gasteiger partial charge in [0.1, 0.15) is 11.4 Å². The van der Waals surface area contributed by atoms with E-state index in [1.165, 1.54) is 7.11 Å². The number of hydrogen-bond donors (Lipinski definition) is 1. The topological polar surface area (TPSA) is 67.9 Å². The van der Waals surface area contributed by atoms with Gasteiger partial charge in [0.25, 0.3) is 5.91 Å². The number of ether oxygens (including phenoxy) is 2. The van der Waals surface area contributed by atoms with Crippen molar-refractivity contribution in [1.29, 1.82) is 0 Å². The van der Waals surface area contributed by atoms with Crippen LogP contribution in [0.2, 0.25) is 0 Å². The first-order valence-electron chi connectivity index (χ1n) is 7.49. The molecule has 0 aliphatic carbocycles. The molecule has 1 N–H and O–H groups in total. The zero-order valence-corrected chi connectivity index (χ0v) is 14.4. The van der Waals surface area contributed by atoms with Gasteiger partial charge in [-0.15, -0.1) is 11.8 Å². The van der Waals surface area contributed by atoms with Crippen molar-refractivity contribution in [3.8, 4) is 11.5 Å². The molecule has 1 aromatic rings. The van der Waals surface area contributed by atoms with Gasteiger partial charge in [0.2, 0.25) is 5.91 Å². The Labute approximate surface area is 139 Å². The molecule has 23 heavy (non-hydrogen) atoms. The van der Waals surface area contributed by atoms with Gasteiger partial charge in [-0.25, -0.2) is 0 Å². The number of carbonyl (C=O) groups is 2. The Morgan fingerprint density at radius 1 is 1.35 bits per heavy atom. The minimum Gasteiger partial charge on any atom is -0.493 e. The molecular formula is C16H20N2O4S. The van der Waals surface area contributed by atoms with Gasteiger partial charge in [0.15, 0.2) is 11.5 Å². The highest BCUT2D eigenvalue weighted by atomic mass is 32.2. The Kier molecular flexibility index (Phi) is 4.14. The maximum atomic E-state index is 12.9. The van der Waals surface area contributed by atoms with Crippen LogP contribution in [-0.4, -0.2) is 48.8 Å². The summed E-state index contributed by atoms with van der Waals surface area (Å²) in [5.74, 6) is 1.28. The summed E-state index contributed by atoms with van der Waals surface area (Å²) in [7, 11) is 3.06. The number of amides is 2. The van der Waals surface area contributed by atoms with Crippen molar-refractivity contribution in [2.24, 2.45) is 0 Å². The summed E-state index contributed by atoms with van der Waals surface area (Å²) in [5, 5.41) is 2.76. The monoisotopic (exact) mass is 336 g/mol. The molecule has 2 atom stereocenters. The largest absolute Gasteiger partial charge is 0.493 e.